The van der Waals surface area contributed by atoms with Crippen LogP contribution in [0.5, 0.6) is 0 Å². The Hall–Kier alpha value is -2.10. The van der Waals surface area contributed by atoms with E-state index >= 15 is 0 Å². The van der Waals surface area contributed by atoms with Gasteiger partial charge in [0.2, 0.25) is 0 Å². The van der Waals surface area contributed by atoms with Gasteiger partial charge in [-0.25, -0.2) is 4.98 Å². The largest absolute Gasteiger partial charge is 0.352 e. The van der Waals surface area contributed by atoms with Crippen LogP contribution in [0.4, 0.5) is 0 Å². The molecule has 0 aliphatic heterocycles. The van der Waals surface area contributed by atoms with Crippen molar-refractivity contribution in [3.05, 3.63) is 64.1 Å². The highest BCUT2D eigenvalue weighted by Gasteiger charge is 2.15. The number of hydrogen-bond donors (Lipinski definition) is 1. The lowest BCUT2D eigenvalue weighted by molar-refractivity contribution is 0.0953. The molecule has 0 saturated heterocycles. The number of pyridine rings is 1. The van der Waals surface area contributed by atoms with Gasteiger partial charge in [0, 0.05) is 22.5 Å². The molecule has 1 N–H and O–H groups in total. The second kappa shape index (κ2) is 8.07. The number of benzene rings is 2. The molecule has 1 aromatic heterocycles. The van der Waals surface area contributed by atoms with Crippen molar-refractivity contribution < 1.29 is 4.79 Å². The minimum atomic E-state index is -0.101. The van der Waals surface area contributed by atoms with Crippen molar-refractivity contribution in [2.24, 2.45) is 5.92 Å². The smallest absolute Gasteiger partial charge is 0.252 e. The first-order chi connectivity index (χ1) is 12.5. The van der Waals surface area contributed by atoms with Gasteiger partial charge in [0.25, 0.3) is 5.91 Å². The number of amides is 1. The Kier molecular flexibility index (Phi) is 5.80. The number of hydrogen-bond acceptors (Lipinski definition) is 2. The van der Waals surface area contributed by atoms with E-state index in [1.54, 1.807) is 18.2 Å². The molecule has 1 heterocycles. The Morgan fingerprint density at radius 3 is 2.62 bits per heavy atom. The highest BCUT2D eigenvalue weighted by molar-refractivity contribution is 6.36. The molecule has 0 saturated carbocycles. The third-order valence-electron chi connectivity index (χ3n) is 4.18. The van der Waals surface area contributed by atoms with Crippen LogP contribution in [0.15, 0.2) is 48.5 Å². The summed E-state index contributed by atoms with van der Waals surface area (Å²) in [6, 6.07) is 14.7. The van der Waals surface area contributed by atoms with E-state index in [1.165, 1.54) is 0 Å². The number of nitrogens with zero attached hydrogens (tertiary/aromatic N) is 1. The molecule has 0 bridgehead atoms. The van der Waals surface area contributed by atoms with Crippen LogP contribution in [0.2, 0.25) is 10.0 Å². The summed E-state index contributed by atoms with van der Waals surface area (Å²) < 4.78 is 0. The molecule has 0 aliphatic carbocycles. The van der Waals surface area contributed by atoms with Gasteiger partial charge >= 0.3 is 0 Å². The molecule has 5 heteroatoms. The van der Waals surface area contributed by atoms with E-state index in [-0.39, 0.29) is 5.91 Å². The van der Waals surface area contributed by atoms with Crippen LogP contribution in [0, 0.1) is 5.92 Å². The molecule has 3 rings (SSSR count). The molecule has 2 aromatic carbocycles. The molecule has 3 nitrogen and oxygen atoms in total. The van der Waals surface area contributed by atoms with E-state index in [2.05, 4.69) is 24.1 Å². The van der Waals surface area contributed by atoms with Gasteiger partial charge in [0.15, 0.2) is 0 Å². The number of aromatic nitrogens is 1. The summed E-state index contributed by atoms with van der Waals surface area (Å²) in [4.78, 5) is 17.4. The quantitative estimate of drug-likeness (QED) is 0.585. The van der Waals surface area contributed by atoms with Crippen LogP contribution >= 0.6 is 23.2 Å². The summed E-state index contributed by atoms with van der Waals surface area (Å²) in [5.41, 5.74) is 2.75. The van der Waals surface area contributed by atoms with Crippen molar-refractivity contribution in [3.63, 3.8) is 0 Å². The number of nitrogens with one attached hydrogen (secondary N) is 1. The second-order valence-corrected chi connectivity index (χ2v) is 7.48. The second-order valence-electron chi connectivity index (χ2n) is 6.63. The van der Waals surface area contributed by atoms with Gasteiger partial charge in [-0.05, 0) is 42.7 Å². The Morgan fingerprint density at radius 2 is 1.88 bits per heavy atom. The van der Waals surface area contributed by atoms with Crippen molar-refractivity contribution in [2.75, 3.05) is 6.54 Å². The number of carbonyl (C=O) groups is 1. The zero-order valence-corrected chi connectivity index (χ0v) is 16.2. The van der Waals surface area contributed by atoms with Crippen molar-refractivity contribution in [1.29, 1.82) is 0 Å². The van der Waals surface area contributed by atoms with E-state index < -0.39 is 0 Å². The Morgan fingerprint density at radius 1 is 1.12 bits per heavy atom. The van der Waals surface area contributed by atoms with E-state index in [9.17, 15) is 4.79 Å². The van der Waals surface area contributed by atoms with Gasteiger partial charge in [-0.3, -0.25) is 4.79 Å². The zero-order valence-electron chi connectivity index (χ0n) is 14.7. The maximum Gasteiger partial charge on any atom is 0.252 e. The summed E-state index contributed by atoms with van der Waals surface area (Å²) in [6.45, 7) is 4.91. The first-order valence-electron chi connectivity index (χ1n) is 8.59. The first kappa shape index (κ1) is 18.7. The maximum atomic E-state index is 12.8. The number of para-hydroxylation sites is 1. The summed E-state index contributed by atoms with van der Waals surface area (Å²) >= 11 is 12.3. The van der Waals surface area contributed by atoms with Crippen LogP contribution < -0.4 is 5.32 Å². The summed E-state index contributed by atoms with van der Waals surface area (Å²) in [5.74, 6) is 0.434. The molecule has 0 radical (unpaired) electrons. The first-order valence-corrected chi connectivity index (χ1v) is 9.34. The van der Waals surface area contributed by atoms with Gasteiger partial charge in [-0.1, -0.05) is 55.2 Å². The third kappa shape index (κ3) is 4.17. The summed E-state index contributed by atoms with van der Waals surface area (Å²) in [7, 11) is 0. The maximum absolute atomic E-state index is 12.8. The molecular weight excluding hydrogens is 367 g/mol. The molecule has 0 fully saturated rings. The van der Waals surface area contributed by atoms with Crippen LogP contribution in [0.1, 0.15) is 30.6 Å². The van der Waals surface area contributed by atoms with E-state index in [4.69, 9.17) is 23.2 Å². The summed E-state index contributed by atoms with van der Waals surface area (Å²) in [5, 5.41) is 4.89. The van der Waals surface area contributed by atoms with Gasteiger partial charge in [0.05, 0.1) is 21.8 Å². The Labute approximate surface area is 163 Å². The lowest BCUT2D eigenvalue weighted by Crippen LogP contribution is -2.25. The molecule has 0 atom stereocenters. The van der Waals surface area contributed by atoms with Crippen molar-refractivity contribution in [1.82, 2.24) is 10.3 Å². The molecule has 3 aromatic rings. The fourth-order valence-corrected chi connectivity index (χ4v) is 3.27. The molecule has 0 aliphatic rings. The fraction of sp³-hybridized carbons (Fsp3) is 0.238. The average molecular weight is 387 g/mol. The predicted molar refractivity (Wildman–Crippen MR) is 109 cm³/mol. The molecular formula is C21H20Cl2N2O. The molecule has 1 amide bonds. The zero-order chi connectivity index (χ0) is 18.7. The topological polar surface area (TPSA) is 42.0 Å². The SMILES string of the molecule is CC(C)CCNC(=O)c1cc(-c2ccc(Cl)cc2Cl)nc2ccccc12. The highest BCUT2D eigenvalue weighted by Crippen LogP contribution is 2.31. The van der Waals surface area contributed by atoms with Gasteiger partial charge in [-0.2, -0.15) is 0 Å². The van der Waals surface area contributed by atoms with Crippen LogP contribution in [0.25, 0.3) is 22.2 Å². The fourth-order valence-electron chi connectivity index (χ4n) is 2.77. The number of rotatable bonds is 5. The Bertz CT molecular complexity index is 954. The van der Waals surface area contributed by atoms with E-state index in [1.807, 2.05) is 30.3 Å². The number of halogens is 2. The van der Waals surface area contributed by atoms with E-state index in [0.717, 1.165) is 22.9 Å². The lowest BCUT2D eigenvalue weighted by Gasteiger charge is -2.12. The van der Waals surface area contributed by atoms with Crippen LogP contribution in [0.3, 0.4) is 0 Å². The van der Waals surface area contributed by atoms with Crippen LogP contribution in [-0.4, -0.2) is 17.4 Å². The lowest BCUT2D eigenvalue weighted by atomic mass is 10.0. The molecule has 0 unspecified atom stereocenters. The standard InChI is InChI=1S/C21H20Cl2N2O/c1-13(2)9-10-24-21(26)17-12-20(16-8-7-14(22)11-18(16)23)25-19-6-4-3-5-15(17)19/h3-8,11-13H,9-10H2,1-2H3,(H,24,26). The predicted octanol–water partition coefficient (Wildman–Crippen LogP) is 5.98. The summed E-state index contributed by atoms with van der Waals surface area (Å²) in [6.07, 6.45) is 0.935. The molecule has 0 spiro atoms. The van der Waals surface area contributed by atoms with Gasteiger partial charge in [0.1, 0.15) is 0 Å². The van der Waals surface area contributed by atoms with Gasteiger partial charge < -0.3 is 5.32 Å². The minimum absolute atomic E-state index is 0.101. The number of carbonyl (C=O) groups excluding carboxylic acids is 1. The van der Waals surface area contributed by atoms with E-state index in [0.29, 0.717) is 33.8 Å². The monoisotopic (exact) mass is 386 g/mol. The molecule has 26 heavy (non-hydrogen) atoms. The third-order valence-corrected chi connectivity index (χ3v) is 4.72. The highest BCUT2D eigenvalue weighted by atomic mass is 35.5. The minimum Gasteiger partial charge on any atom is -0.352 e. The van der Waals surface area contributed by atoms with Crippen molar-refractivity contribution in [3.8, 4) is 11.3 Å². The average Bonchev–Trinajstić information content (AvgIpc) is 2.60. The normalized spacial score (nSPS) is 11.1. The van der Waals surface area contributed by atoms with Gasteiger partial charge in [-0.15, -0.1) is 0 Å². The molecule has 134 valence electrons. The number of fused-ring (bicyclic) bond motifs is 1. The van der Waals surface area contributed by atoms with Crippen molar-refractivity contribution in [2.45, 2.75) is 20.3 Å². The van der Waals surface area contributed by atoms with Crippen LogP contribution in [-0.2, 0) is 0 Å². The van der Waals surface area contributed by atoms with Crippen molar-refractivity contribution >= 4 is 40.0 Å². The Balaban J connectivity index is 2.05.